The first-order valence-corrected chi connectivity index (χ1v) is 7.64. The number of aromatic amines is 1. The van der Waals surface area contributed by atoms with Crippen molar-refractivity contribution >= 4 is 11.7 Å². The summed E-state index contributed by atoms with van der Waals surface area (Å²) in [5, 5.41) is 0. The molecule has 2 rings (SSSR count). The number of ketones is 1. The van der Waals surface area contributed by atoms with Crippen molar-refractivity contribution in [2.24, 2.45) is 11.7 Å². The second-order valence-electron chi connectivity index (χ2n) is 6.03. The molecule has 5 heteroatoms. The Bertz CT molecular complexity index is 562. The molecule has 1 aliphatic heterocycles. The van der Waals surface area contributed by atoms with Crippen LogP contribution in [0.1, 0.15) is 59.3 Å². The number of amides is 1. The van der Waals surface area contributed by atoms with Crippen molar-refractivity contribution in [3.05, 3.63) is 22.5 Å². The average Bonchev–Trinajstić information content (AvgIpc) is 2.97. The number of nitrogens with zero attached hydrogens (tertiary/aromatic N) is 1. The van der Waals surface area contributed by atoms with E-state index in [4.69, 9.17) is 5.73 Å². The Labute approximate surface area is 125 Å². The molecule has 0 bridgehead atoms. The highest BCUT2D eigenvalue weighted by atomic mass is 16.2. The van der Waals surface area contributed by atoms with Gasteiger partial charge in [0.25, 0.3) is 5.91 Å². The van der Waals surface area contributed by atoms with Crippen LogP contribution in [0.2, 0.25) is 0 Å². The lowest BCUT2D eigenvalue weighted by Gasteiger charge is -2.21. The number of hydrogen-bond acceptors (Lipinski definition) is 3. The number of carbonyl (C=O) groups is 2. The van der Waals surface area contributed by atoms with E-state index in [1.54, 1.807) is 6.92 Å². The highest BCUT2D eigenvalue weighted by molar-refractivity contribution is 6.02. The van der Waals surface area contributed by atoms with Gasteiger partial charge >= 0.3 is 0 Å². The Balaban J connectivity index is 2.36. The summed E-state index contributed by atoms with van der Waals surface area (Å²) in [7, 11) is 0. The van der Waals surface area contributed by atoms with Gasteiger partial charge in [-0.2, -0.15) is 0 Å². The Morgan fingerprint density at radius 1 is 1.43 bits per heavy atom. The number of rotatable bonds is 4. The summed E-state index contributed by atoms with van der Waals surface area (Å²) < 4.78 is 0. The molecule has 0 spiro atoms. The first-order chi connectivity index (χ1) is 9.90. The molecule has 3 N–H and O–H groups in total. The predicted octanol–water partition coefficient (Wildman–Crippen LogP) is 1.90. The molecular weight excluding hydrogens is 266 g/mol. The molecule has 2 unspecified atom stereocenters. The van der Waals surface area contributed by atoms with Gasteiger partial charge in [0, 0.05) is 23.8 Å². The summed E-state index contributed by atoms with van der Waals surface area (Å²) >= 11 is 0. The lowest BCUT2D eigenvalue weighted by molar-refractivity contribution is 0.0737. The third-order valence-electron chi connectivity index (χ3n) is 4.47. The van der Waals surface area contributed by atoms with Crippen molar-refractivity contribution in [1.29, 1.82) is 0 Å². The van der Waals surface area contributed by atoms with Crippen molar-refractivity contribution in [2.45, 2.75) is 46.6 Å². The SMILES string of the molecule is CCc1c(C(=O)N2CC(CN)CC2C)[nH]c(C)c1C(C)=O. The van der Waals surface area contributed by atoms with Crippen molar-refractivity contribution in [3.63, 3.8) is 0 Å². The summed E-state index contributed by atoms with van der Waals surface area (Å²) in [6.07, 6.45) is 1.62. The predicted molar refractivity (Wildman–Crippen MR) is 82.6 cm³/mol. The molecular formula is C16H25N3O2. The average molecular weight is 291 g/mol. The van der Waals surface area contributed by atoms with E-state index >= 15 is 0 Å². The lowest BCUT2D eigenvalue weighted by Crippen LogP contribution is -2.35. The maximum Gasteiger partial charge on any atom is 0.270 e. The van der Waals surface area contributed by atoms with Gasteiger partial charge in [-0.15, -0.1) is 0 Å². The monoisotopic (exact) mass is 291 g/mol. The standard InChI is InChI=1S/C16H25N3O2/c1-5-13-14(11(4)20)10(3)18-15(13)16(21)19-8-12(7-17)6-9(19)2/h9,12,18H,5-8,17H2,1-4H3. The van der Waals surface area contributed by atoms with Crippen LogP contribution in [0.3, 0.4) is 0 Å². The molecule has 0 aromatic carbocycles. The normalized spacial score (nSPS) is 21.9. The zero-order valence-electron chi connectivity index (χ0n) is 13.3. The number of aryl methyl sites for hydroxylation is 1. The van der Waals surface area contributed by atoms with Crippen LogP contribution in [0, 0.1) is 12.8 Å². The summed E-state index contributed by atoms with van der Waals surface area (Å²) in [4.78, 5) is 29.6. The van der Waals surface area contributed by atoms with Crippen LogP contribution in [0.25, 0.3) is 0 Å². The minimum atomic E-state index is -0.00843. The highest BCUT2D eigenvalue weighted by Crippen LogP contribution is 2.27. The Morgan fingerprint density at radius 2 is 2.10 bits per heavy atom. The fourth-order valence-corrected chi connectivity index (χ4v) is 3.43. The first-order valence-electron chi connectivity index (χ1n) is 7.64. The smallest absolute Gasteiger partial charge is 0.270 e. The van der Waals surface area contributed by atoms with Crippen LogP contribution in [0.4, 0.5) is 0 Å². The number of nitrogens with one attached hydrogen (secondary N) is 1. The second kappa shape index (κ2) is 6.02. The van der Waals surface area contributed by atoms with Crippen molar-refractivity contribution in [3.8, 4) is 0 Å². The quantitative estimate of drug-likeness (QED) is 0.832. The minimum Gasteiger partial charge on any atom is -0.354 e. The van der Waals surface area contributed by atoms with E-state index in [-0.39, 0.29) is 17.7 Å². The molecule has 2 heterocycles. The number of nitrogens with two attached hydrogens (primary N) is 1. The van der Waals surface area contributed by atoms with Gasteiger partial charge in [0.1, 0.15) is 5.69 Å². The Morgan fingerprint density at radius 3 is 2.57 bits per heavy atom. The van der Waals surface area contributed by atoms with Gasteiger partial charge in [0.2, 0.25) is 0 Å². The van der Waals surface area contributed by atoms with Crippen LogP contribution >= 0.6 is 0 Å². The molecule has 1 aliphatic rings. The molecule has 21 heavy (non-hydrogen) atoms. The number of Topliss-reactive ketones (excluding diaryl/α,β-unsaturated/α-hetero) is 1. The number of aromatic nitrogens is 1. The number of carbonyl (C=O) groups excluding carboxylic acids is 2. The maximum absolute atomic E-state index is 12.8. The zero-order chi connectivity index (χ0) is 15.7. The van der Waals surface area contributed by atoms with E-state index in [1.807, 2.05) is 18.7 Å². The van der Waals surface area contributed by atoms with E-state index < -0.39 is 0 Å². The summed E-state index contributed by atoms with van der Waals surface area (Å²) in [6.45, 7) is 8.74. The van der Waals surface area contributed by atoms with Crippen LogP contribution in [0.15, 0.2) is 0 Å². The van der Waals surface area contributed by atoms with Gasteiger partial charge in [-0.1, -0.05) is 6.92 Å². The summed E-state index contributed by atoms with van der Waals surface area (Å²) in [6, 6.07) is 0.195. The second-order valence-corrected chi connectivity index (χ2v) is 6.03. The molecule has 0 saturated carbocycles. The third kappa shape index (κ3) is 2.75. The molecule has 5 nitrogen and oxygen atoms in total. The Hall–Kier alpha value is -1.62. The lowest BCUT2D eigenvalue weighted by atomic mass is 10.0. The Kier molecular flexibility index (Phi) is 4.52. The van der Waals surface area contributed by atoms with E-state index in [0.717, 1.165) is 17.7 Å². The summed E-state index contributed by atoms with van der Waals surface area (Å²) in [5.41, 5.74) is 8.60. The summed E-state index contributed by atoms with van der Waals surface area (Å²) in [5.74, 6) is 0.372. The molecule has 0 radical (unpaired) electrons. The third-order valence-corrected chi connectivity index (χ3v) is 4.47. The van der Waals surface area contributed by atoms with E-state index in [0.29, 0.717) is 36.7 Å². The maximum atomic E-state index is 12.8. The fraction of sp³-hybridized carbons (Fsp3) is 0.625. The van der Waals surface area contributed by atoms with Crippen molar-refractivity contribution < 1.29 is 9.59 Å². The largest absolute Gasteiger partial charge is 0.354 e. The van der Waals surface area contributed by atoms with Crippen LogP contribution in [-0.2, 0) is 6.42 Å². The molecule has 1 aromatic heterocycles. The van der Waals surface area contributed by atoms with Gasteiger partial charge in [-0.3, -0.25) is 9.59 Å². The zero-order valence-corrected chi connectivity index (χ0v) is 13.3. The molecule has 1 fully saturated rings. The van der Waals surface area contributed by atoms with Gasteiger partial charge in [0.15, 0.2) is 5.78 Å². The van der Waals surface area contributed by atoms with Crippen LogP contribution in [-0.4, -0.2) is 40.7 Å². The molecule has 1 saturated heterocycles. The van der Waals surface area contributed by atoms with Crippen molar-refractivity contribution in [1.82, 2.24) is 9.88 Å². The first kappa shape index (κ1) is 15.8. The van der Waals surface area contributed by atoms with Gasteiger partial charge in [0.05, 0.1) is 0 Å². The highest BCUT2D eigenvalue weighted by Gasteiger charge is 2.34. The fourth-order valence-electron chi connectivity index (χ4n) is 3.43. The van der Waals surface area contributed by atoms with E-state index in [9.17, 15) is 9.59 Å². The van der Waals surface area contributed by atoms with Gasteiger partial charge in [-0.05, 0) is 51.6 Å². The van der Waals surface area contributed by atoms with Crippen LogP contribution in [0.5, 0.6) is 0 Å². The molecule has 116 valence electrons. The van der Waals surface area contributed by atoms with Crippen LogP contribution < -0.4 is 5.73 Å². The van der Waals surface area contributed by atoms with Crippen molar-refractivity contribution in [2.75, 3.05) is 13.1 Å². The number of H-pyrrole nitrogens is 1. The topological polar surface area (TPSA) is 79.2 Å². The van der Waals surface area contributed by atoms with E-state index in [1.165, 1.54) is 0 Å². The molecule has 2 atom stereocenters. The molecule has 0 aliphatic carbocycles. The molecule has 1 amide bonds. The van der Waals surface area contributed by atoms with E-state index in [2.05, 4.69) is 11.9 Å². The van der Waals surface area contributed by atoms with Gasteiger partial charge < -0.3 is 15.6 Å². The van der Waals surface area contributed by atoms with Gasteiger partial charge in [-0.25, -0.2) is 0 Å². The number of likely N-dealkylation sites (tertiary alicyclic amines) is 1. The minimum absolute atomic E-state index is 0.00829. The molecule has 1 aromatic rings. The number of hydrogen-bond donors (Lipinski definition) is 2.